The Hall–Kier alpha value is -2.96. The number of ether oxygens (including phenoxy) is 1. The van der Waals surface area contributed by atoms with Gasteiger partial charge in [0, 0.05) is 16.9 Å². The second-order valence-electron chi connectivity index (χ2n) is 4.99. The van der Waals surface area contributed by atoms with Gasteiger partial charge in [0.15, 0.2) is 0 Å². The molecule has 0 radical (unpaired) electrons. The lowest BCUT2D eigenvalue weighted by atomic mass is 9.76. The summed E-state index contributed by atoms with van der Waals surface area (Å²) < 4.78 is 4.66. The number of esters is 1. The number of nitrogens with zero attached hydrogens (tertiary/aromatic N) is 5. The van der Waals surface area contributed by atoms with E-state index in [1.54, 1.807) is 6.92 Å². The summed E-state index contributed by atoms with van der Waals surface area (Å²) in [7, 11) is 0. The Kier molecular flexibility index (Phi) is 6.20. The van der Waals surface area contributed by atoms with E-state index in [4.69, 9.17) is 11.1 Å². The number of β-lactam (4-membered cyclic amide) rings is 1. The third-order valence-electron chi connectivity index (χ3n) is 3.56. The molecular weight excluding hydrogens is 304 g/mol. The smallest absolute Gasteiger partial charge is 0.441 e. The van der Waals surface area contributed by atoms with Crippen LogP contribution in [-0.4, -0.2) is 46.9 Å². The molecule has 0 aromatic carbocycles. The zero-order valence-electron chi connectivity index (χ0n) is 12.7. The van der Waals surface area contributed by atoms with Gasteiger partial charge in [0.25, 0.3) is 5.78 Å². The number of nitrogens with one attached hydrogen (secondary N) is 1. The van der Waals surface area contributed by atoms with Crippen LogP contribution in [0, 0.1) is 11.8 Å². The summed E-state index contributed by atoms with van der Waals surface area (Å²) in [6.45, 7) is 6.22. The minimum Gasteiger partial charge on any atom is -0.453 e. The van der Waals surface area contributed by atoms with Gasteiger partial charge in [0.1, 0.15) is 6.61 Å². The lowest BCUT2D eigenvalue weighted by molar-refractivity contribution is -0.143. The van der Waals surface area contributed by atoms with Gasteiger partial charge in [-0.15, -0.1) is 0 Å². The van der Waals surface area contributed by atoms with Crippen molar-refractivity contribution >= 4 is 23.4 Å². The Labute approximate surface area is 131 Å². The fraction of sp³-hybridized carbons (Fsp3) is 0.538. The van der Waals surface area contributed by atoms with Gasteiger partial charge in [-0.3, -0.25) is 9.59 Å². The van der Waals surface area contributed by atoms with Crippen molar-refractivity contribution in [3.05, 3.63) is 28.6 Å². The van der Waals surface area contributed by atoms with E-state index in [1.165, 1.54) is 13.0 Å². The summed E-state index contributed by atoms with van der Waals surface area (Å²) >= 11 is 0. The number of rotatable bonds is 8. The third kappa shape index (κ3) is 3.82. The van der Waals surface area contributed by atoms with Crippen LogP contribution in [0.1, 0.15) is 13.8 Å². The average molecular weight is 320 g/mol. The average Bonchev–Trinajstić information content (AvgIpc) is 2.50. The van der Waals surface area contributed by atoms with Crippen LogP contribution >= 0.6 is 0 Å². The van der Waals surface area contributed by atoms with Crippen LogP contribution in [0.5, 0.6) is 0 Å². The van der Waals surface area contributed by atoms with Gasteiger partial charge in [0.05, 0.1) is 12.0 Å². The summed E-state index contributed by atoms with van der Waals surface area (Å²) in [5.41, 5.74) is 16.6. The Balaban J connectivity index is 2.89. The van der Waals surface area contributed by atoms with Gasteiger partial charge in [0.2, 0.25) is 5.91 Å². The first-order valence-electron chi connectivity index (χ1n) is 6.77. The van der Waals surface area contributed by atoms with Crippen molar-refractivity contribution in [2.45, 2.75) is 25.9 Å². The lowest BCUT2D eigenvalue weighted by Crippen LogP contribution is -2.65. The van der Waals surface area contributed by atoms with E-state index in [-0.39, 0.29) is 12.5 Å². The molecule has 0 aromatic heterocycles. The van der Waals surface area contributed by atoms with Gasteiger partial charge < -0.3 is 15.6 Å². The van der Waals surface area contributed by atoms with Gasteiger partial charge in [-0.25, -0.2) is 4.79 Å². The van der Waals surface area contributed by atoms with Gasteiger partial charge in [-0.05, 0) is 5.53 Å². The standard InChI is InChI=1S/C13H16N6O4/c1-4-5-23-13(22)10(17-14)11(20)6(2)9-8(12(21)16-9)7(3)18-19-15/h4,6-9H,1,5H2,2-3H3,(H,16,21)/t6-,7-,8-,9-/m1/s1. The molecule has 0 bridgehead atoms. The largest absolute Gasteiger partial charge is 0.453 e. The summed E-state index contributed by atoms with van der Waals surface area (Å²) in [4.78, 5) is 40.9. The van der Waals surface area contributed by atoms with E-state index in [0.29, 0.717) is 0 Å². The first-order valence-corrected chi connectivity index (χ1v) is 6.77. The summed E-state index contributed by atoms with van der Waals surface area (Å²) in [5, 5.41) is 5.98. The first kappa shape index (κ1) is 18.1. The quantitative estimate of drug-likeness (QED) is 0.100. The molecule has 0 spiro atoms. The van der Waals surface area contributed by atoms with Crippen molar-refractivity contribution < 1.29 is 23.9 Å². The zero-order chi connectivity index (χ0) is 17.6. The highest BCUT2D eigenvalue weighted by Gasteiger charge is 2.50. The van der Waals surface area contributed by atoms with Crippen LogP contribution in [-0.2, 0) is 19.1 Å². The molecule has 1 N–H and O–H groups in total. The van der Waals surface area contributed by atoms with Crippen molar-refractivity contribution in [2.24, 2.45) is 17.0 Å². The molecule has 4 atom stereocenters. The molecule has 10 heteroatoms. The highest BCUT2D eigenvalue weighted by molar-refractivity contribution is 6.62. The second kappa shape index (κ2) is 7.88. The Morgan fingerprint density at radius 2 is 2.13 bits per heavy atom. The highest BCUT2D eigenvalue weighted by Crippen LogP contribution is 2.28. The molecule has 23 heavy (non-hydrogen) atoms. The maximum Gasteiger partial charge on any atom is 0.441 e. The Bertz CT molecular complexity index is 632. The molecule has 1 rings (SSSR count). The summed E-state index contributed by atoms with van der Waals surface area (Å²) in [5.74, 6) is -3.80. The zero-order valence-corrected chi connectivity index (χ0v) is 12.7. The maximum atomic E-state index is 12.3. The molecule has 1 saturated heterocycles. The van der Waals surface area contributed by atoms with Crippen LogP contribution in [0.2, 0.25) is 0 Å². The molecule has 0 aliphatic carbocycles. The second-order valence-corrected chi connectivity index (χ2v) is 4.99. The van der Waals surface area contributed by atoms with E-state index in [2.05, 4.69) is 31.4 Å². The molecule has 0 saturated carbocycles. The van der Waals surface area contributed by atoms with E-state index in [0.717, 1.165) is 0 Å². The predicted octanol–water partition coefficient (Wildman–Crippen LogP) is 0.405. The topological polar surface area (TPSA) is 158 Å². The lowest BCUT2D eigenvalue weighted by Gasteiger charge is -2.41. The normalized spacial score (nSPS) is 21.4. The number of amides is 1. The molecule has 1 amide bonds. The number of Topliss-reactive ketones (excluding diaryl/α,β-unsaturated/α-hetero) is 1. The number of azide groups is 1. The van der Waals surface area contributed by atoms with Crippen molar-refractivity contribution in [1.82, 2.24) is 5.32 Å². The van der Waals surface area contributed by atoms with Gasteiger partial charge in [-0.2, -0.15) is 4.79 Å². The van der Waals surface area contributed by atoms with Crippen molar-refractivity contribution in [1.29, 1.82) is 0 Å². The van der Waals surface area contributed by atoms with Crippen molar-refractivity contribution in [3.8, 4) is 0 Å². The predicted molar refractivity (Wildman–Crippen MR) is 78.0 cm³/mol. The van der Waals surface area contributed by atoms with Crippen LogP contribution in [0.15, 0.2) is 17.8 Å². The van der Waals surface area contributed by atoms with Gasteiger partial charge in [-0.1, -0.05) is 31.6 Å². The molecule has 1 fully saturated rings. The number of carbonyl (C=O) groups is 3. The molecule has 1 aliphatic heterocycles. The molecule has 1 heterocycles. The molecule has 0 unspecified atom stereocenters. The molecule has 0 aromatic rings. The summed E-state index contributed by atoms with van der Waals surface area (Å²) in [6, 6.07) is -1.30. The van der Waals surface area contributed by atoms with Crippen LogP contribution in [0.25, 0.3) is 16.0 Å². The first-order chi connectivity index (χ1) is 10.9. The number of hydrogen-bond donors (Lipinski definition) is 1. The molecule has 1 aliphatic rings. The molecular formula is C13H16N6O4. The molecule has 10 nitrogen and oxygen atoms in total. The number of carbonyl (C=O) groups excluding carboxylic acids is 3. The van der Waals surface area contributed by atoms with Gasteiger partial charge >= 0.3 is 11.7 Å². The SMILES string of the molecule is C=CCOC(=O)C(=[N+]=[N-])C(=O)[C@H](C)[C@H]1NC(=O)[C@@H]1[C@@H](C)N=[N+]=[N-]. The van der Waals surface area contributed by atoms with E-state index in [1.807, 2.05) is 0 Å². The van der Waals surface area contributed by atoms with E-state index < -0.39 is 41.4 Å². The number of hydrogen-bond acceptors (Lipinski definition) is 5. The minimum absolute atomic E-state index is 0.143. The maximum absolute atomic E-state index is 12.3. The van der Waals surface area contributed by atoms with E-state index in [9.17, 15) is 14.4 Å². The molecule has 122 valence electrons. The third-order valence-corrected chi connectivity index (χ3v) is 3.56. The monoisotopic (exact) mass is 320 g/mol. The summed E-state index contributed by atoms with van der Waals surface area (Å²) in [6.07, 6.45) is 1.30. The number of ketones is 1. The Morgan fingerprint density at radius 1 is 1.48 bits per heavy atom. The fourth-order valence-electron chi connectivity index (χ4n) is 2.30. The van der Waals surface area contributed by atoms with Crippen LogP contribution in [0.3, 0.4) is 0 Å². The van der Waals surface area contributed by atoms with E-state index >= 15 is 0 Å². The fourth-order valence-corrected chi connectivity index (χ4v) is 2.30. The Morgan fingerprint density at radius 3 is 2.61 bits per heavy atom. The van der Waals surface area contributed by atoms with Crippen molar-refractivity contribution in [3.63, 3.8) is 0 Å². The van der Waals surface area contributed by atoms with Crippen molar-refractivity contribution in [2.75, 3.05) is 6.61 Å². The van der Waals surface area contributed by atoms with Crippen LogP contribution < -0.4 is 5.32 Å². The van der Waals surface area contributed by atoms with Crippen LogP contribution in [0.4, 0.5) is 0 Å². The highest BCUT2D eigenvalue weighted by atomic mass is 16.5. The minimum atomic E-state index is -1.09.